The number of hydrogen-bond donors (Lipinski definition) is 1. The topological polar surface area (TPSA) is 24.9 Å². The van der Waals surface area contributed by atoms with Gasteiger partial charge >= 0.3 is 0 Å². The molecular weight excluding hydrogens is 355 g/mol. The fraction of sp³-hybridized carbons (Fsp3) is 0.0625. The Hall–Kier alpha value is -1.65. The molecule has 3 rings (SSSR count). The lowest BCUT2D eigenvalue weighted by atomic mass is 10.1. The number of hydrogen-bond acceptors (Lipinski definition) is 2. The number of pyridine rings is 1. The summed E-state index contributed by atoms with van der Waals surface area (Å²) in [5.41, 5.74) is 2.25. The molecule has 0 saturated heterocycles. The maximum absolute atomic E-state index is 13.8. The van der Waals surface area contributed by atoms with Gasteiger partial charge in [-0.15, -0.1) is 0 Å². The largest absolute Gasteiger partial charge is 0.379 e. The van der Waals surface area contributed by atoms with Gasteiger partial charge in [-0.1, -0.05) is 33.6 Å². The van der Waals surface area contributed by atoms with Crippen molar-refractivity contribution in [3.05, 3.63) is 69.5 Å². The van der Waals surface area contributed by atoms with Gasteiger partial charge in [0.2, 0.25) is 0 Å². The predicted octanol–water partition coefficient (Wildman–Crippen LogP) is 5.40. The summed E-state index contributed by atoms with van der Waals surface area (Å²) in [6.07, 6.45) is 1.72. The number of aromatic nitrogens is 1. The summed E-state index contributed by atoms with van der Waals surface area (Å²) in [5, 5.41) is 4.65. The summed E-state index contributed by atoms with van der Waals surface area (Å²) in [5.74, 6) is -0.296. The van der Waals surface area contributed by atoms with Crippen LogP contribution in [-0.4, -0.2) is 4.98 Å². The van der Waals surface area contributed by atoms with Crippen LogP contribution in [0.4, 0.5) is 10.1 Å². The first-order chi connectivity index (χ1) is 10.1. The summed E-state index contributed by atoms with van der Waals surface area (Å²) < 4.78 is 14.5. The van der Waals surface area contributed by atoms with Gasteiger partial charge in [-0.3, -0.25) is 4.98 Å². The molecule has 0 radical (unpaired) electrons. The van der Waals surface area contributed by atoms with Crippen LogP contribution < -0.4 is 5.32 Å². The Bertz CT molecular complexity index is 807. The van der Waals surface area contributed by atoms with Gasteiger partial charge in [0.1, 0.15) is 5.82 Å². The van der Waals surface area contributed by atoms with Crippen LogP contribution in [0.1, 0.15) is 5.56 Å². The molecule has 0 spiro atoms. The second-order valence-electron chi connectivity index (χ2n) is 4.58. The highest BCUT2D eigenvalue weighted by molar-refractivity contribution is 9.10. The Balaban J connectivity index is 1.90. The lowest BCUT2D eigenvalue weighted by Crippen LogP contribution is -2.02. The van der Waals surface area contributed by atoms with Gasteiger partial charge in [0, 0.05) is 27.6 Å². The zero-order chi connectivity index (χ0) is 14.8. The van der Waals surface area contributed by atoms with E-state index in [0.717, 1.165) is 16.5 Å². The van der Waals surface area contributed by atoms with Gasteiger partial charge in [0.25, 0.3) is 0 Å². The molecule has 2 aromatic carbocycles. The van der Waals surface area contributed by atoms with Gasteiger partial charge in [-0.25, -0.2) is 4.39 Å². The van der Waals surface area contributed by atoms with Crippen molar-refractivity contribution in [1.82, 2.24) is 4.98 Å². The minimum atomic E-state index is -0.296. The quantitative estimate of drug-likeness (QED) is 0.672. The van der Waals surface area contributed by atoms with Gasteiger partial charge in [-0.2, -0.15) is 0 Å². The van der Waals surface area contributed by atoms with Gasteiger partial charge in [-0.05, 0) is 42.0 Å². The van der Waals surface area contributed by atoms with Crippen molar-refractivity contribution in [2.75, 3.05) is 5.32 Å². The van der Waals surface area contributed by atoms with E-state index in [1.54, 1.807) is 18.3 Å². The zero-order valence-electron chi connectivity index (χ0n) is 10.9. The summed E-state index contributed by atoms with van der Waals surface area (Å²) in [4.78, 5) is 4.37. The highest BCUT2D eigenvalue weighted by Gasteiger charge is 2.07. The van der Waals surface area contributed by atoms with Crippen LogP contribution in [0.3, 0.4) is 0 Å². The van der Waals surface area contributed by atoms with Crippen LogP contribution in [0.5, 0.6) is 0 Å². The summed E-state index contributed by atoms with van der Waals surface area (Å²) in [7, 11) is 0. The maximum Gasteiger partial charge on any atom is 0.147 e. The lowest BCUT2D eigenvalue weighted by Gasteiger charge is -2.10. The Morgan fingerprint density at radius 1 is 1.19 bits per heavy atom. The minimum Gasteiger partial charge on any atom is -0.379 e. The molecule has 3 aromatic rings. The Morgan fingerprint density at radius 3 is 2.86 bits per heavy atom. The average Bonchev–Trinajstić information content (AvgIpc) is 2.48. The fourth-order valence-corrected chi connectivity index (χ4v) is 2.71. The second-order valence-corrected chi connectivity index (χ2v) is 5.91. The molecule has 0 unspecified atom stereocenters. The van der Waals surface area contributed by atoms with E-state index in [1.165, 1.54) is 6.07 Å². The molecule has 0 fully saturated rings. The van der Waals surface area contributed by atoms with Gasteiger partial charge < -0.3 is 5.32 Å². The Kier molecular flexibility index (Phi) is 4.08. The smallest absolute Gasteiger partial charge is 0.147 e. The first-order valence-electron chi connectivity index (χ1n) is 6.36. The van der Waals surface area contributed by atoms with Crippen LogP contribution >= 0.6 is 27.5 Å². The van der Waals surface area contributed by atoms with E-state index < -0.39 is 0 Å². The molecule has 0 saturated carbocycles. The Labute approximate surface area is 135 Å². The average molecular weight is 366 g/mol. The molecule has 0 atom stereocenters. The monoisotopic (exact) mass is 364 g/mol. The molecule has 0 amide bonds. The van der Waals surface area contributed by atoms with Crippen molar-refractivity contribution >= 4 is 44.1 Å². The minimum absolute atomic E-state index is 0.296. The third-order valence-electron chi connectivity index (χ3n) is 3.20. The summed E-state index contributed by atoms with van der Waals surface area (Å²) in [6.45, 7) is 0.475. The number of halogens is 3. The van der Waals surface area contributed by atoms with E-state index >= 15 is 0 Å². The van der Waals surface area contributed by atoms with E-state index in [0.29, 0.717) is 21.7 Å². The van der Waals surface area contributed by atoms with Crippen molar-refractivity contribution in [3.63, 3.8) is 0 Å². The van der Waals surface area contributed by atoms with E-state index in [4.69, 9.17) is 11.6 Å². The highest BCUT2D eigenvalue weighted by atomic mass is 79.9. The van der Waals surface area contributed by atoms with Gasteiger partial charge in [0.15, 0.2) is 0 Å². The van der Waals surface area contributed by atoms with Crippen molar-refractivity contribution in [2.45, 2.75) is 6.54 Å². The van der Waals surface area contributed by atoms with Crippen molar-refractivity contribution in [1.29, 1.82) is 0 Å². The van der Waals surface area contributed by atoms with Crippen LogP contribution in [0, 0.1) is 5.82 Å². The normalized spacial score (nSPS) is 10.8. The first kappa shape index (κ1) is 14.3. The number of anilines is 1. The van der Waals surface area contributed by atoms with Crippen LogP contribution in [-0.2, 0) is 6.54 Å². The maximum atomic E-state index is 13.8. The molecular formula is C16H11BrClFN2. The molecule has 1 N–H and O–H groups in total. The van der Waals surface area contributed by atoms with Crippen molar-refractivity contribution in [2.24, 2.45) is 0 Å². The standard InChI is InChI=1S/C16H11BrClFN2/c17-11-4-6-15(14(19)8-11)21-9-10-3-5-13(18)12-2-1-7-20-16(10)12/h1-8,21H,9H2. The zero-order valence-corrected chi connectivity index (χ0v) is 13.2. The molecule has 0 aliphatic rings. The third-order valence-corrected chi connectivity index (χ3v) is 4.02. The number of fused-ring (bicyclic) bond motifs is 1. The Morgan fingerprint density at radius 2 is 2.05 bits per heavy atom. The van der Waals surface area contributed by atoms with Crippen molar-refractivity contribution in [3.8, 4) is 0 Å². The SMILES string of the molecule is Fc1cc(Br)ccc1NCc1ccc(Cl)c2cccnc12. The van der Waals surface area contributed by atoms with E-state index in [9.17, 15) is 4.39 Å². The van der Waals surface area contributed by atoms with Crippen LogP contribution in [0.25, 0.3) is 10.9 Å². The molecule has 1 aromatic heterocycles. The van der Waals surface area contributed by atoms with E-state index in [2.05, 4.69) is 26.2 Å². The summed E-state index contributed by atoms with van der Waals surface area (Å²) in [6, 6.07) is 12.4. The van der Waals surface area contributed by atoms with E-state index in [-0.39, 0.29) is 5.82 Å². The molecule has 106 valence electrons. The summed E-state index contributed by atoms with van der Waals surface area (Å²) >= 11 is 9.40. The molecule has 0 aliphatic carbocycles. The fourth-order valence-electron chi connectivity index (χ4n) is 2.16. The number of rotatable bonds is 3. The second kappa shape index (κ2) is 6.00. The number of benzene rings is 2. The molecule has 1 heterocycles. The lowest BCUT2D eigenvalue weighted by molar-refractivity contribution is 0.629. The molecule has 0 aliphatic heterocycles. The van der Waals surface area contributed by atoms with Gasteiger partial charge in [0.05, 0.1) is 11.2 Å². The highest BCUT2D eigenvalue weighted by Crippen LogP contribution is 2.26. The van der Waals surface area contributed by atoms with E-state index in [1.807, 2.05) is 24.3 Å². The predicted molar refractivity (Wildman–Crippen MR) is 88.2 cm³/mol. The molecule has 21 heavy (non-hydrogen) atoms. The molecule has 5 heteroatoms. The first-order valence-corrected chi connectivity index (χ1v) is 7.53. The number of nitrogens with one attached hydrogen (secondary N) is 1. The van der Waals surface area contributed by atoms with Crippen LogP contribution in [0.2, 0.25) is 5.02 Å². The van der Waals surface area contributed by atoms with Crippen molar-refractivity contribution < 1.29 is 4.39 Å². The molecule has 0 bridgehead atoms. The number of nitrogens with zero attached hydrogens (tertiary/aromatic N) is 1. The van der Waals surface area contributed by atoms with Crippen LogP contribution in [0.15, 0.2) is 53.1 Å². The molecule has 2 nitrogen and oxygen atoms in total. The third kappa shape index (κ3) is 3.01.